The molecule has 27 heavy (non-hydrogen) atoms. The summed E-state index contributed by atoms with van der Waals surface area (Å²) in [4.78, 5) is 16.0. The summed E-state index contributed by atoms with van der Waals surface area (Å²) in [6, 6.07) is 3.13. The summed E-state index contributed by atoms with van der Waals surface area (Å²) in [5.41, 5.74) is -0.391. The first-order valence-corrected chi connectivity index (χ1v) is 9.56. The number of carboxylic acid groups (broad SMARTS) is 1. The van der Waals surface area contributed by atoms with E-state index in [0.717, 1.165) is 31.2 Å². The number of nitrogens with one attached hydrogen (secondary N) is 1. The number of nitrogens with zero attached hydrogens (tertiary/aromatic N) is 2. The lowest BCUT2D eigenvalue weighted by Crippen LogP contribution is -2.23. The third-order valence-corrected chi connectivity index (χ3v) is 5.13. The maximum atomic E-state index is 13.9. The topological polar surface area (TPSA) is 99.6 Å². The summed E-state index contributed by atoms with van der Waals surface area (Å²) in [5, 5.41) is 9.14. The normalized spacial score (nSPS) is 11.3. The lowest BCUT2D eigenvalue weighted by molar-refractivity contribution is 0.0696. The number of hydrogen-bond donors (Lipinski definition) is 2. The quantitative estimate of drug-likeness (QED) is 0.708. The number of hydrogen-bond acceptors (Lipinski definition) is 5. The van der Waals surface area contributed by atoms with Gasteiger partial charge in [0.25, 0.3) is 10.0 Å². The minimum atomic E-state index is -4.51. The largest absolute Gasteiger partial charge is 0.478 e. The molecule has 2 N–H and O–H groups in total. The second kappa shape index (κ2) is 8.30. The van der Waals surface area contributed by atoms with Crippen molar-refractivity contribution in [3.05, 3.63) is 47.7 Å². The fraction of sp³-hybridized carbons (Fsp3) is 0.294. The van der Waals surface area contributed by atoms with Crippen molar-refractivity contribution in [2.24, 2.45) is 0 Å². The van der Waals surface area contributed by atoms with Crippen LogP contribution in [0.4, 0.5) is 20.3 Å². The van der Waals surface area contributed by atoms with Gasteiger partial charge < -0.3 is 10.0 Å². The monoisotopic (exact) mass is 399 g/mol. The molecule has 1 aromatic heterocycles. The van der Waals surface area contributed by atoms with Crippen molar-refractivity contribution >= 4 is 27.5 Å². The van der Waals surface area contributed by atoms with Crippen molar-refractivity contribution < 1.29 is 27.1 Å². The molecule has 0 radical (unpaired) electrons. The van der Waals surface area contributed by atoms with Crippen LogP contribution in [0.1, 0.15) is 30.1 Å². The Morgan fingerprint density at radius 1 is 1.30 bits per heavy atom. The molecule has 0 amide bonds. The minimum absolute atomic E-state index is 0.142. The van der Waals surface area contributed by atoms with Gasteiger partial charge in [0.05, 0.1) is 11.3 Å². The Balaban J connectivity index is 2.49. The molecular weight excluding hydrogens is 380 g/mol. The predicted octanol–water partition coefficient (Wildman–Crippen LogP) is 3.10. The van der Waals surface area contributed by atoms with Crippen molar-refractivity contribution in [2.45, 2.75) is 24.7 Å². The summed E-state index contributed by atoms with van der Waals surface area (Å²) in [7, 11) is -2.84. The molecule has 2 rings (SSSR count). The third kappa shape index (κ3) is 4.91. The number of anilines is 2. The first-order valence-electron chi connectivity index (χ1n) is 8.08. The minimum Gasteiger partial charge on any atom is -0.478 e. The highest BCUT2D eigenvalue weighted by Gasteiger charge is 2.23. The molecule has 0 unspecified atom stereocenters. The Morgan fingerprint density at radius 3 is 2.63 bits per heavy atom. The van der Waals surface area contributed by atoms with Gasteiger partial charge in [-0.05, 0) is 30.7 Å². The van der Waals surface area contributed by atoms with Gasteiger partial charge in [-0.3, -0.25) is 4.72 Å². The zero-order valence-electron chi connectivity index (χ0n) is 14.7. The smallest absolute Gasteiger partial charge is 0.337 e. The number of carboxylic acids is 1. The summed E-state index contributed by atoms with van der Waals surface area (Å²) in [5.74, 6) is -3.18. The number of pyridine rings is 1. The number of aromatic nitrogens is 1. The van der Waals surface area contributed by atoms with E-state index in [1.54, 1.807) is 11.9 Å². The van der Waals surface area contributed by atoms with Crippen LogP contribution in [-0.4, -0.2) is 38.1 Å². The van der Waals surface area contributed by atoms with Gasteiger partial charge in [0.2, 0.25) is 0 Å². The molecule has 0 aliphatic carbocycles. The van der Waals surface area contributed by atoms with Crippen LogP contribution >= 0.6 is 0 Å². The first kappa shape index (κ1) is 20.6. The van der Waals surface area contributed by atoms with Crippen LogP contribution in [-0.2, 0) is 10.0 Å². The van der Waals surface area contributed by atoms with Crippen molar-refractivity contribution in [1.82, 2.24) is 4.98 Å². The van der Waals surface area contributed by atoms with Crippen LogP contribution in [0.5, 0.6) is 0 Å². The molecule has 0 aliphatic rings. The molecule has 10 heteroatoms. The predicted molar refractivity (Wildman–Crippen MR) is 96.5 cm³/mol. The van der Waals surface area contributed by atoms with Crippen LogP contribution in [0.25, 0.3) is 0 Å². The average Bonchev–Trinajstić information content (AvgIpc) is 2.61. The molecule has 0 saturated carbocycles. The fourth-order valence-electron chi connectivity index (χ4n) is 2.34. The van der Waals surface area contributed by atoms with Crippen molar-refractivity contribution in [1.29, 1.82) is 0 Å². The summed E-state index contributed by atoms with van der Waals surface area (Å²) >= 11 is 0. The molecule has 7 nitrogen and oxygen atoms in total. The van der Waals surface area contributed by atoms with E-state index in [0.29, 0.717) is 18.7 Å². The van der Waals surface area contributed by atoms with E-state index < -0.39 is 32.5 Å². The summed E-state index contributed by atoms with van der Waals surface area (Å²) in [6.45, 7) is 2.52. The molecule has 0 bridgehead atoms. The Bertz CT molecular complexity index is 951. The van der Waals surface area contributed by atoms with Gasteiger partial charge in [0.1, 0.15) is 16.5 Å². The standard InChI is InChI=1S/C17H19F2N3O4S/c1-3-4-7-22(2)16-14(8-11(10-20-16)17(23)24)21-27(25,26)15-9-12(18)5-6-13(15)19/h5-6,8-10,21H,3-4,7H2,1-2H3,(H,23,24). The van der Waals surface area contributed by atoms with E-state index in [4.69, 9.17) is 5.11 Å². The second-order valence-electron chi connectivity index (χ2n) is 5.86. The van der Waals surface area contributed by atoms with Gasteiger partial charge in [-0.2, -0.15) is 0 Å². The zero-order valence-corrected chi connectivity index (χ0v) is 15.6. The maximum absolute atomic E-state index is 13.9. The van der Waals surface area contributed by atoms with Crippen LogP contribution in [0.2, 0.25) is 0 Å². The third-order valence-electron chi connectivity index (χ3n) is 3.75. The zero-order chi connectivity index (χ0) is 20.2. The number of halogens is 2. The van der Waals surface area contributed by atoms with Crippen molar-refractivity contribution in [3.63, 3.8) is 0 Å². The highest BCUT2D eigenvalue weighted by atomic mass is 32.2. The Kier molecular flexibility index (Phi) is 6.32. The van der Waals surface area contributed by atoms with Gasteiger partial charge in [0, 0.05) is 19.8 Å². The van der Waals surface area contributed by atoms with E-state index in [2.05, 4.69) is 9.71 Å². The number of aromatic carboxylic acids is 1. The van der Waals surface area contributed by atoms with Gasteiger partial charge in [-0.15, -0.1) is 0 Å². The average molecular weight is 399 g/mol. The Labute approximate surface area is 155 Å². The molecule has 0 aliphatic heterocycles. The molecule has 1 heterocycles. The van der Waals surface area contributed by atoms with E-state index in [1.807, 2.05) is 6.92 Å². The fourth-order valence-corrected chi connectivity index (χ4v) is 3.48. The first-order chi connectivity index (χ1) is 12.7. The Hall–Kier alpha value is -2.75. The number of rotatable bonds is 8. The van der Waals surface area contributed by atoms with Crippen LogP contribution in [0.15, 0.2) is 35.4 Å². The van der Waals surface area contributed by atoms with Crippen molar-refractivity contribution in [3.8, 4) is 0 Å². The van der Waals surface area contributed by atoms with Gasteiger partial charge in [-0.25, -0.2) is 27.0 Å². The Morgan fingerprint density at radius 2 is 2.00 bits per heavy atom. The highest BCUT2D eigenvalue weighted by Crippen LogP contribution is 2.28. The lowest BCUT2D eigenvalue weighted by atomic mass is 10.2. The number of benzene rings is 1. The number of carbonyl (C=O) groups is 1. The molecule has 2 aromatic rings. The summed E-state index contributed by atoms with van der Waals surface area (Å²) < 4.78 is 54.5. The van der Waals surface area contributed by atoms with E-state index in [1.165, 1.54) is 0 Å². The highest BCUT2D eigenvalue weighted by molar-refractivity contribution is 7.92. The maximum Gasteiger partial charge on any atom is 0.337 e. The molecule has 0 atom stereocenters. The molecule has 0 saturated heterocycles. The molecule has 0 spiro atoms. The second-order valence-corrected chi connectivity index (χ2v) is 7.51. The van der Waals surface area contributed by atoms with Gasteiger partial charge in [-0.1, -0.05) is 13.3 Å². The van der Waals surface area contributed by atoms with Gasteiger partial charge >= 0.3 is 5.97 Å². The SMILES string of the molecule is CCCCN(C)c1ncc(C(=O)O)cc1NS(=O)(=O)c1cc(F)ccc1F. The van der Waals surface area contributed by atoms with Gasteiger partial charge in [0.15, 0.2) is 5.82 Å². The van der Waals surface area contributed by atoms with Crippen LogP contribution < -0.4 is 9.62 Å². The number of unbranched alkanes of at least 4 members (excludes halogenated alkanes) is 1. The summed E-state index contributed by atoms with van der Waals surface area (Å²) in [6.07, 6.45) is 2.78. The molecular formula is C17H19F2N3O4S. The van der Waals surface area contributed by atoms with Crippen molar-refractivity contribution in [2.75, 3.05) is 23.2 Å². The molecule has 0 fully saturated rings. The van der Waals surface area contributed by atoms with E-state index in [-0.39, 0.29) is 17.1 Å². The molecule has 146 valence electrons. The van der Waals surface area contributed by atoms with E-state index in [9.17, 15) is 22.0 Å². The lowest BCUT2D eigenvalue weighted by Gasteiger charge is -2.22. The number of sulfonamides is 1. The van der Waals surface area contributed by atoms with Crippen LogP contribution in [0, 0.1) is 11.6 Å². The molecule has 1 aromatic carbocycles. The van der Waals surface area contributed by atoms with Crippen LogP contribution in [0.3, 0.4) is 0 Å². The van der Waals surface area contributed by atoms with E-state index >= 15 is 0 Å².